The number of carbonyl (C=O) groups is 1. The van der Waals surface area contributed by atoms with Gasteiger partial charge in [-0.2, -0.15) is 0 Å². The van der Waals surface area contributed by atoms with E-state index >= 15 is 0 Å². The van der Waals surface area contributed by atoms with Crippen molar-refractivity contribution in [3.63, 3.8) is 0 Å². The maximum Gasteiger partial charge on any atom is 0.217 e. The summed E-state index contributed by atoms with van der Waals surface area (Å²) in [6.45, 7) is 3.19. The highest BCUT2D eigenvalue weighted by molar-refractivity contribution is 5.80. The number of nitrogens with zero attached hydrogens (tertiary/aromatic N) is 3. The number of piperidine rings is 1. The van der Waals surface area contributed by atoms with Crippen molar-refractivity contribution in [1.82, 2.24) is 15.2 Å². The molecule has 3 rings (SSSR count). The molecule has 0 spiro atoms. The van der Waals surface area contributed by atoms with Crippen LogP contribution in [0.4, 0.5) is 0 Å². The minimum atomic E-state index is -0.227. The molecule has 1 aromatic heterocycles. The molecule has 2 aliphatic rings. The summed E-state index contributed by atoms with van der Waals surface area (Å²) in [4.78, 5) is 22.1. The van der Waals surface area contributed by atoms with E-state index in [1.165, 1.54) is 12.8 Å². The zero-order valence-electron chi connectivity index (χ0n) is 15.5. The number of nitrogens with two attached hydrogens (primary N) is 1. The maximum atomic E-state index is 11.2. The van der Waals surface area contributed by atoms with Crippen molar-refractivity contribution in [3.05, 3.63) is 23.9 Å². The number of hydrogen-bond donors (Lipinski definition) is 2. The Hall–Kier alpha value is -2.31. The van der Waals surface area contributed by atoms with Crippen molar-refractivity contribution in [3.8, 4) is 5.88 Å². The fourth-order valence-corrected chi connectivity index (χ4v) is 3.31. The monoisotopic (exact) mass is 359 g/mol. The van der Waals surface area contributed by atoms with E-state index in [2.05, 4.69) is 20.2 Å². The highest BCUT2D eigenvalue weighted by Crippen LogP contribution is 2.29. The van der Waals surface area contributed by atoms with Crippen LogP contribution in [0, 0.1) is 11.8 Å². The third kappa shape index (κ3) is 5.61. The Morgan fingerprint density at radius 2 is 2.23 bits per heavy atom. The fourth-order valence-electron chi connectivity index (χ4n) is 3.31. The number of primary amides is 1. The van der Waals surface area contributed by atoms with E-state index in [1.807, 2.05) is 18.3 Å². The second-order valence-corrected chi connectivity index (χ2v) is 7.28. The molecule has 1 saturated carbocycles. The quantitative estimate of drug-likeness (QED) is 0.569. The third-order valence-corrected chi connectivity index (χ3v) is 4.93. The number of likely N-dealkylation sites (tertiary alicyclic amines) is 1. The molecule has 1 saturated heterocycles. The number of guanidine groups is 1. The van der Waals surface area contributed by atoms with E-state index < -0.39 is 0 Å². The summed E-state index contributed by atoms with van der Waals surface area (Å²) in [6.07, 6.45) is 6.93. The van der Waals surface area contributed by atoms with Gasteiger partial charge < -0.3 is 20.7 Å². The van der Waals surface area contributed by atoms with Crippen LogP contribution in [-0.4, -0.2) is 48.5 Å². The topological polar surface area (TPSA) is 92.8 Å². The van der Waals surface area contributed by atoms with Crippen molar-refractivity contribution < 1.29 is 9.53 Å². The molecule has 1 aromatic rings. The highest BCUT2D eigenvalue weighted by Gasteiger charge is 2.24. The molecule has 1 amide bonds. The Bertz CT molecular complexity index is 627. The summed E-state index contributed by atoms with van der Waals surface area (Å²) in [5.41, 5.74) is 6.42. The molecule has 1 unspecified atom stereocenters. The van der Waals surface area contributed by atoms with Crippen LogP contribution in [0.3, 0.4) is 0 Å². The third-order valence-electron chi connectivity index (χ3n) is 4.93. The van der Waals surface area contributed by atoms with Gasteiger partial charge in [0.25, 0.3) is 0 Å². The summed E-state index contributed by atoms with van der Waals surface area (Å²) in [5.74, 6) is 2.35. The lowest BCUT2D eigenvalue weighted by molar-refractivity contribution is -0.119. The fraction of sp³-hybridized carbons (Fsp3) is 0.632. The van der Waals surface area contributed by atoms with Gasteiger partial charge in [0.1, 0.15) is 0 Å². The lowest BCUT2D eigenvalue weighted by Gasteiger charge is -2.34. The molecule has 2 heterocycles. The first-order valence-corrected chi connectivity index (χ1v) is 9.45. The van der Waals surface area contributed by atoms with E-state index in [-0.39, 0.29) is 5.91 Å². The Morgan fingerprint density at radius 3 is 2.88 bits per heavy atom. The molecule has 1 aliphatic carbocycles. The molecule has 1 atom stereocenters. The van der Waals surface area contributed by atoms with Crippen LogP contribution in [0.15, 0.2) is 23.3 Å². The first kappa shape index (κ1) is 18.5. The second kappa shape index (κ2) is 8.87. The average molecular weight is 359 g/mol. The normalized spacial score (nSPS) is 20.7. The van der Waals surface area contributed by atoms with Crippen LogP contribution in [0.1, 0.15) is 37.7 Å². The summed E-state index contributed by atoms with van der Waals surface area (Å²) in [6, 6.07) is 3.95. The van der Waals surface area contributed by atoms with Gasteiger partial charge in [0.15, 0.2) is 5.96 Å². The number of ether oxygens (including phenoxy) is 1. The van der Waals surface area contributed by atoms with Gasteiger partial charge in [-0.1, -0.05) is 6.07 Å². The van der Waals surface area contributed by atoms with Crippen LogP contribution in [-0.2, 0) is 11.3 Å². The molecule has 0 radical (unpaired) electrons. The van der Waals surface area contributed by atoms with Gasteiger partial charge in [-0.25, -0.2) is 4.98 Å². The second-order valence-electron chi connectivity index (χ2n) is 7.28. The van der Waals surface area contributed by atoms with Crippen LogP contribution >= 0.6 is 0 Å². The van der Waals surface area contributed by atoms with Gasteiger partial charge in [0.2, 0.25) is 11.8 Å². The number of rotatable bonds is 7. The van der Waals surface area contributed by atoms with Gasteiger partial charge >= 0.3 is 0 Å². The minimum absolute atomic E-state index is 0.227. The van der Waals surface area contributed by atoms with E-state index in [9.17, 15) is 4.79 Å². The minimum Gasteiger partial charge on any atom is -0.477 e. The summed E-state index contributed by atoms with van der Waals surface area (Å²) < 4.78 is 5.67. The van der Waals surface area contributed by atoms with Crippen molar-refractivity contribution in [2.45, 2.75) is 38.6 Å². The number of hydrogen-bond acceptors (Lipinski definition) is 4. The predicted molar refractivity (Wildman–Crippen MR) is 101 cm³/mol. The highest BCUT2D eigenvalue weighted by atomic mass is 16.5. The summed E-state index contributed by atoms with van der Waals surface area (Å²) >= 11 is 0. The Balaban J connectivity index is 1.47. The number of amides is 1. The van der Waals surface area contributed by atoms with Crippen LogP contribution in [0.25, 0.3) is 0 Å². The molecule has 2 fully saturated rings. The van der Waals surface area contributed by atoms with E-state index in [0.717, 1.165) is 50.0 Å². The molecule has 3 N–H and O–H groups in total. The smallest absolute Gasteiger partial charge is 0.217 e. The number of aromatic nitrogens is 1. The number of nitrogens with one attached hydrogen (secondary N) is 1. The van der Waals surface area contributed by atoms with Crippen molar-refractivity contribution in [2.24, 2.45) is 22.6 Å². The molecule has 142 valence electrons. The molecule has 7 nitrogen and oxygen atoms in total. The van der Waals surface area contributed by atoms with E-state index in [4.69, 9.17) is 10.5 Å². The van der Waals surface area contributed by atoms with Crippen LogP contribution in [0.5, 0.6) is 5.88 Å². The van der Waals surface area contributed by atoms with E-state index in [0.29, 0.717) is 24.8 Å². The summed E-state index contributed by atoms with van der Waals surface area (Å²) in [5, 5.41) is 3.39. The number of pyridine rings is 1. The molecular formula is C19H29N5O2. The Morgan fingerprint density at radius 1 is 1.38 bits per heavy atom. The SMILES string of the molecule is CN=C(NCc1ccc(OCC2CC2)nc1)N1CCCC(CC(N)=O)C1. The Kier molecular flexibility index (Phi) is 6.30. The zero-order chi connectivity index (χ0) is 18.4. The van der Waals surface area contributed by atoms with Gasteiger partial charge in [0, 0.05) is 45.4 Å². The average Bonchev–Trinajstić information content (AvgIpc) is 3.46. The predicted octanol–water partition coefficient (Wildman–Crippen LogP) is 1.53. The van der Waals surface area contributed by atoms with E-state index in [1.54, 1.807) is 7.05 Å². The van der Waals surface area contributed by atoms with Crippen molar-refractivity contribution >= 4 is 11.9 Å². The van der Waals surface area contributed by atoms with Gasteiger partial charge in [-0.05, 0) is 43.1 Å². The first-order valence-electron chi connectivity index (χ1n) is 9.45. The Labute approximate surface area is 155 Å². The first-order chi connectivity index (χ1) is 12.6. The molecule has 0 bridgehead atoms. The van der Waals surface area contributed by atoms with Gasteiger partial charge in [-0.3, -0.25) is 9.79 Å². The zero-order valence-corrected chi connectivity index (χ0v) is 15.5. The van der Waals surface area contributed by atoms with Gasteiger partial charge in [-0.15, -0.1) is 0 Å². The van der Waals surface area contributed by atoms with Crippen molar-refractivity contribution in [1.29, 1.82) is 0 Å². The lowest BCUT2D eigenvalue weighted by Crippen LogP contribution is -2.46. The lowest BCUT2D eigenvalue weighted by atomic mass is 9.95. The molecule has 0 aromatic carbocycles. The van der Waals surface area contributed by atoms with Crippen LogP contribution < -0.4 is 15.8 Å². The number of aliphatic imine (C=N–C) groups is 1. The summed E-state index contributed by atoms with van der Waals surface area (Å²) in [7, 11) is 1.78. The van der Waals surface area contributed by atoms with Gasteiger partial charge in [0.05, 0.1) is 6.61 Å². The maximum absolute atomic E-state index is 11.2. The molecular weight excluding hydrogens is 330 g/mol. The van der Waals surface area contributed by atoms with Crippen molar-refractivity contribution in [2.75, 3.05) is 26.7 Å². The molecule has 26 heavy (non-hydrogen) atoms. The standard InChI is InChI=1S/C19H29N5O2/c1-21-19(24-8-2-3-15(12-24)9-17(20)25)23-11-16-6-7-18(22-10-16)26-13-14-4-5-14/h6-7,10,14-15H,2-5,8-9,11-13H2,1H3,(H2,20,25)(H,21,23). The number of carbonyl (C=O) groups excluding carboxylic acids is 1. The molecule has 1 aliphatic heterocycles. The molecule has 7 heteroatoms. The largest absolute Gasteiger partial charge is 0.477 e. The van der Waals surface area contributed by atoms with Crippen LogP contribution in [0.2, 0.25) is 0 Å².